The minimum atomic E-state index is 0.0898. The quantitative estimate of drug-likeness (QED) is 0.545. The first-order valence-corrected chi connectivity index (χ1v) is 10.5. The number of hydrogen-bond acceptors (Lipinski definition) is 3. The van der Waals surface area contributed by atoms with Crippen LogP contribution in [0, 0.1) is 13.8 Å². The van der Waals surface area contributed by atoms with Crippen molar-refractivity contribution in [3.63, 3.8) is 0 Å². The molecule has 0 fully saturated rings. The molecule has 0 spiro atoms. The van der Waals surface area contributed by atoms with Gasteiger partial charge in [-0.05, 0) is 55.7 Å². The van der Waals surface area contributed by atoms with Crippen LogP contribution >= 0.6 is 11.6 Å². The molecule has 5 nitrogen and oxygen atoms in total. The van der Waals surface area contributed by atoms with Gasteiger partial charge in [-0.25, -0.2) is 4.98 Å². The lowest BCUT2D eigenvalue weighted by molar-refractivity contribution is -0.121. The molecule has 0 radical (unpaired) electrons. The van der Waals surface area contributed by atoms with Crippen molar-refractivity contribution in [1.29, 1.82) is 0 Å². The Labute approximate surface area is 177 Å². The molecule has 3 rings (SSSR count). The Balaban J connectivity index is 1.69. The molecule has 1 aromatic heterocycles. The van der Waals surface area contributed by atoms with Crippen molar-refractivity contribution < 1.29 is 9.53 Å². The summed E-state index contributed by atoms with van der Waals surface area (Å²) in [7, 11) is 0. The second-order valence-corrected chi connectivity index (χ2v) is 7.62. The predicted molar refractivity (Wildman–Crippen MR) is 118 cm³/mol. The normalized spacial score (nSPS) is 11.0. The van der Waals surface area contributed by atoms with E-state index in [-0.39, 0.29) is 5.91 Å². The topological polar surface area (TPSA) is 56.2 Å². The molecular weight excluding hydrogens is 386 g/mol. The fourth-order valence-electron chi connectivity index (χ4n) is 3.44. The summed E-state index contributed by atoms with van der Waals surface area (Å²) in [6, 6.07) is 12.0. The minimum absolute atomic E-state index is 0.0898. The molecule has 0 aliphatic carbocycles. The Morgan fingerprint density at radius 3 is 2.66 bits per heavy atom. The highest BCUT2D eigenvalue weighted by atomic mass is 35.5. The summed E-state index contributed by atoms with van der Waals surface area (Å²) < 4.78 is 8.18. The average molecular weight is 414 g/mol. The summed E-state index contributed by atoms with van der Waals surface area (Å²) in [5, 5.41) is 3.75. The lowest BCUT2D eigenvalue weighted by Gasteiger charge is -2.13. The number of nitrogens with one attached hydrogen (secondary N) is 1. The number of halogens is 1. The third kappa shape index (κ3) is 5.30. The number of carbonyl (C=O) groups is 1. The molecule has 0 atom stereocenters. The van der Waals surface area contributed by atoms with Gasteiger partial charge in [0.2, 0.25) is 5.91 Å². The van der Waals surface area contributed by atoms with Crippen molar-refractivity contribution >= 4 is 28.5 Å². The molecule has 0 bridgehead atoms. The molecule has 154 valence electrons. The summed E-state index contributed by atoms with van der Waals surface area (Å²) in [6.07, 6.45) is 2.10. The van der Waals surface area contributed by atoms with Crippen LogP contribution in [-0.2, 0) is 17.8 Å². The number of aryl methyl sites for hydroxylation is 2. The van der Waals surface area contributed by atoms with Crippen molar-refractivity contribution in [1.82, 2.24) is 14.9 Å². The maximum atomic E-state index is 11.7. The van der Waals surface area contributed by atoms with Crippen LogP contribution in [0.1, 0.15) is 36.7 Å². The average Bonchev–Trinajstić information content (AvgIpc) is 3.04. The third-order valence-electron chi connectivity index (χ3n) is 4.88. The zero-order chi connectivity index (χ0) is 20.8. The predicted octanol–water partition coefficient (Wildman–Crippen LogP) is 4.84. The number of carbonyl (C=O) groups excluding carboxylic acids is 1. The molecular formula is C23H28ClN3O2. The molecule has 0 saturated carbocycles. The second-order valence-electron chi connectivity index (χ2n) is 7.24. The molecule has 0 saturated heterocycles. The molecule has 0 aliphatic heterocycles. The van der Waals surface area contributed by atoms with E-state index >= 15 is 0 Å². The number of aromatic nitrogens is 2. The fraction of sp³-hybridized carbons (Fsp3) is 0.391. The van der Waals surface area contributed by atoms with Crippen molar-refractivity contribution in [3.8, 4) is 5.75 Å². The number of fused-ring (bicyclic) bond motifs is 1. The maximum absolute atomic E-state index is 11.7. The Morgan fingerprint density at radius 1 is 1.21 bits per heavy atom. The van der Waals surface area contributed by atoms with E-state index in [4.69, 9.17) is 21.3 Å². The van der Waals surface area contributed by atoms with E-state index in [1.54, 1.807) is 0 Å². The molecule has 6 heteroatoms. The zero-order valence-electron chi connectivity index (χ0n) is 17.3. The Hall–Kier alpha value is -2.53. The molecule has 0 aliphatic rings. The summed E-state index contributed by atoms with van der Waals surface area (Å²) in [5.41, 5.74) is 4.06. The number of nitrogens with zero attached hydrogens (tertiary/aromatic N) is 2. The summed E-state index contributed by atoms with van der Waals surface area (Å²) in [6.45, 7) is 7.75. The first-order valence-electron chi connectivity index (χ1n) is 10.1. The second kappa shape index (κ2) is 9.79. The van der Waals surface area contributed by atoms with Crippen LogP contribution in [0.4, 0.5) is 0 Å². The van der Waals surface area contributed by atoms with Crippen LogP contribution in [0.2, 0.25) is 5.02 Å². The number of imidazole rings is 1. The van der Waals surface area contributed by atoms with Gasteiger partial charge >= 0.3 is 0 Å². The Morgan fingerprint density at radius 2 is 1.93 bits per heavy atom. The van der Waals surface area contributed by atoms with Crippen LogP contribution in [0.25, 0.3) is 11.0 Å². The molecule has 2 aromatic carbocycles. The molecule has 1 amide bonds. The van der Waals surface area contributed by atoms with E-state index in [0.29, 0.717) is 32.5 Å². The van der Waals surface area contributed by atoms with Crippen LogP contribution in [0.3, 0.4) is 0 Å². The smallest absolute Gasteiger partial charge is 0.219 e. The summed E-state index contributed by atoms with van der Waals surface area (Å²) >= 11 is 6.24. The van der Waals surface area contributed by atoms with E-state index in [2.05, 4.69) is 16.0 Å². The number of amides is 1. The fourth-order valence-corrected chi connectivity index (χ4v) is 3.55. The van der Waals surface area contributed by atoms with Crippen molar-refractivity contribution in [2.24, 2.45) is 0 Å². The molecule has 0 unspecified atom stereocenters. The number of ether oxygens (including phenoxy) is 1. The summed E-state index contributed by atoms with van der Waals surface area (Å²) in [5.74, 6) is 1.87. The molecule has 1 N–H and O–H groups in total. The number of rotatable bonds is 9. The molecule has 29 heavy (non-hydrogen) atoms. The minimum Gasteiger partial charge on any atom is -0.492 e. The Kier molecular flexibility index (Phi) is 7.15. The third-order valence-corrected chi connectivity index (χ3v) is 5.47. The maximum Gasteiger partial charge on any atom is 0.219 e. The van der Waals surface area contributed by atoms with Crippen LogP contribution in [0.15, 0.2) is 36.4 Å². The van der Waals surface area contributed by atoms with Crippen molar-refractivity contribution in [2.75, 3.05) is 13.2 Å². The van der Waals surface area contributed by atoms with Crippen LogP contribution in [0.5, 0.6) is 5.75 Å². The zero-order valence-corrected chi connectivity index (χ0v) is 18.1. The SMILES string of the molecule is CCCC(=O)NCCc1nc2ccccc2n1CCOc1cc(C)c(Cl)c(C)c1. The van der Waals surface area contributed by atoms with Crippen LogP contribution in [-0.4, -0.2) is 28.6 Å². The summed E-state index contributed by atoms with van der Waals surface area (Å²) in [4.78, 5) is 16.5. The van der Waals surface area contributed by atoms with E-state index in [0.717, 1.165) is 45.2 Å². The van der Waals surface area contributed by atoms with Crippen molar-refractivity contribution in [3.05, 3.63) is 58.4 Å². The highest BCUT2D eigenvalue weighted by molar-refractivity contribution is 6.32. The standard InChI is InChI=1S/C23H28ClN3O2/c1-4-7-22(28)25-11-10-21-26-19-8-5-6-9-20(19)27(21)12-13-29-18-14-16(2)23(24)17(3)15-18/h5-6,8-9,14-15H,4,7,10-13H2,1-3H3,(H,25,28). The lowest BCUT2D eigenvalue weighted by atomic mass is 10.1. The van der Waals surface area contributed by atoms with E-state index in [9.17, 15) is 4.79 Å². The molecule has 1 heterocycles. The van der Waals surface area contributed by atoms with Gasteiger partial charge in [-0.3, -0.25) is 4.79 Å². The van der Waals surface area contributed by atoms with Gasteiger partial charge in [0, 0.05) is 24.4 Å². The van der Waals surface area contributed by atoms with Gasteiger partial charge in [0.05, 0.1) is 17.6 Å². The van der Waals surface area contributed by atoms with Gasteiger partial charge in [0.25, 0.3) is 0 Å². The lowest BCUT2D eigenvalue weighted by Crippen LogP contribution is -2.26. The van der Waals surface area contributed by atoms with E-state index in [1.165, 1.54) is 0 Å². The number of benzene rings is 2. The van der Waals surface area contributed by atoms with Crippen LogP contribution < -0.4 is 10.1 Å². The van der Waals surface area contributed by atoms with Gasteiger partial charge < -0.3 is 14.6 Å². The van der Waals surface area contributed by atoms with Gasteiger partial charge in [-0.2, -0.15) is 0 Å². The number of para-hydroxylation sites is 2. The highest BCUT2D eigenvalue weighted by Crippen LogP contribution is 2.26. The monoisotopic (exact) mass is 413 g/mol. The van der Waals surface area contributed by atoms with Crippen molar-refractivity contribution in [2.45, 2.75) is 46.6 Å². The highest BCUT2D eigenvalue weighted by Gasteiger charge is 2.11. The molecule has 3 aromatic rings. The number of hydrogen-bond donors (Lipinski definition) is 1. The van der Waals surface area contributed by atoms with Gasteiger partial charge in [-0.1, -0.05) is 30.7 Å². The van der Waals surface area contributed by atoms with Gasteiger partial charge in [-0.15, -0.1) is 0 Å². The first kappa shape index (κ1) is 21.2. The van der Waals surface area contributed by atoms with Gasteiger partial charge in [0.15, 0.2) is 0 Å². The van der Waals surface area contributed by atoms with Gasteiger partial charge in [0.1, 0.15) is 18.2 Å². The first-order chi connectivity index (χ1) is 14.0. The largest absolute Gasteiger partial charge is 0.492 e. The van der Waals surface area contributed by atoms with E-state index < -0.39 is 0 Å². The Bertz CT molecular complexity index is 974. The van der Waals surface area contributed by atoms with E-state index in [1.807, 2.05) is 51.1 Å².